The third-order valence-electron chi connectivity index (χ3n) is 2.44. The molecule has 18 heavy (non-hydrogen) atoms. The fourth-order valence-corrected chi connectivity index (χ4v) is 3.06. The first-order chi connectivity index (χ1) is 8.69. The second-order valence-electron chi connectivity index (χ2n) is 3.79. The van der Waals surface area contributed by atoms with Crippen LogP contribution in [0.15, 0.2) is 40.2 Å². The fraction of sp³-hybridized carbons (Fsp3) is 0.214. The second-order valence-corrected chi connectivity index (χ2v) is 5.70. The molecule has 0 atom stereocenters. The average Bonchev–Trinajstić information content (AvgIpc) is 2.76. The van der Waals surface area contributed by atoms with E-state index in [0.29, 0.717) is 13.0 Å². The molecule has 0 saturated carbocycles. The Morgan fingerprint density at radius 1 is 1.33 bits per heavy atom. The summed E-state index contributed by atoms with van der Waals surface area (Å²) in [6.07, 6.45) is 0.449. The lowest BCUT2D eigenvalue weighted by Crippen LogP contribution is -2.02. The molecule has 4 heteroatoms. The van der Waals surface area contributed by atoms with E-state index in [0.717, 1.165) is 20.7 Å². The first kappa shape index (κ1) is 13.3. The van der Waals surface area contributed by atoms with E-state index in [9.17, 15) is 4.79 Å². The molecule has 2 rings (SSSR count). The van der Waals surface area contributed by atoms with Gasteiger partial charge >= 0.3 is 0 Å². The van der Waals surface area contributed by atoms with Crippen molar-refractivity contribution in [2.45, 2.75) is 13.3 Å². The summed E-state index contributed by atoms with van der Waals surface area (Å²) >= 11 is 4.98. The molecule has 0 spiro atoms. The normalized spacial score (nSPS) is 10.3. The summed E-state index contributed by atoms with van der Waals surface area (Å²) in [7, 11) is 0. The Labute approximate surface area is 119 Å². The van der Waals surface area contributed by atoms with Crippen molar-refractivity contribution in [2.75, 3.05) is 6.61 Å². The number of Topliss-reactive ketones (excluding diaryl/α,β-unsaturated/α-hetero) is 1. The number of carbonyl (C=O) groups excluding carboxylic acids is 1. The predicted molar refractivity (Wildman–Crippen MR) is 77.7 cm³/mol. The van der Waals surface area contributed by atoms with E-state index in [-0.39, 0.29) is 5.78 Å². The zero-order valence-electron chi connectivity index (χ0n) is 9.98. The maximum Gasteiger partial charge on any atom is 0.168 e. The minimum absolute atomic E-state index is 0.132. The quantitative estimate of drug-likeness (QED) is 0.765. The number of rotatable bonds is 5. The van der Waals surface area contributed by atoms with Crippen LogP contribution in [-0.4, -0.2) is 12.4 Å². The van der Waals surface area contributed by atoms with Crippen molar-refractivity contribution >= 4 is 33.0 Å². The molecule has 1 aromatic carbocycles. The minimum Gasteiger partial charge on any atom is -0.494 e. The maximum atomic E-state index is 12.0. The van der Waals surface area contributed by atoms with E-state index in [1.807, 2.05) is 42.6 Å². The van der Waals surface area contributed by atoms with E-state index >= 15 is 0 Å². The van der Waals surface area contributed by atoms with Crippen molar-refractivity contribution in [3.05, 3.63) is 50.6 Å². The molecule has 2 aromatic rings. The van der Waals surface area contributed by atoms with Crippen LogP contribution < -0.4 is 4.74 Å². The van der Waals surface area contributed by atoms with Crippen LogP contribution in [-0.2, 0) is 6.42 Å². The van der Waals surface area contributed by atoms with E-state index in [1.54, 1.807) is 11.3 Å². The molecule has 0 N–H and O–H groups in total. The molecule has 94 valence electrons. The summed E-state index contributed by atoms with van der Waals surface area (Å²) in [5.41, 5.74) is 0.725. The van der Waals surface area contributed by atoms with Crippen LogP contribution in [0.2, 0.25) is 0 Å². The first-order valence-electron chi connectivity index (χ1n) is 5.68. The standard InChI is InChI=1S/C14H13BrO2S/c1-2-17-12-5-3-10(4-6-12)14(16)8-13-7-11(15)9-18-13/h3-7,9H,2,8H2,1H3. The van der Waals surface area contributed by atoms with Gasteiger partial charge in [0.25, 0.3) is 0 Å². The van der Waals surface area contributed by atoms with E-state index < -0.39 is 0 Å². The van der Waals surface area contributed by atoms with Gasteiger partial charge in [0.15, 0.2) is 5.78 Å². The molecule has 0 unspecified atom stereocenters. The number of hydrogen-bond acceptors (Lipinski definition) is 3. The van der Waals surface area contributed by atoms with Gasteiger partial charge < -0.3 is 4.74 Å². The van der Waals surface area contributed by atoms with Crippen LogP contribution in [0.4, 0.5) is 0 Å². The molecule has 0 amide bonds. The van der Waals surface area contributed by atoms with E-state index in [2.05, 4.69) is 15.9 Å². The number of hydrogen-bond donors (Lipinski definition) is 0. The van der Waals surface area contributed by atoms with Gasteiger partial charge in [-0.3, -0.25) is 4.79 Å². The third-order valence-corrected chi connectivity index (χ3v) is 4.14. The number of ketones is 1. The summed E-state index contributed by atoms with van der Waals surface area (Å²) in [4.78, 5) is 13.1. The summed E-state index contributed by atoms with van der Waals surface area (Å²) in [5.74, 6) is 0.931. The Morgan fingerprint density at radius 2 is 2.06 bits per heavy atom. The Kier molecular flexibility index (Phi) is 4.55. The highest BCUT2D eigenvalue weighted by molar-refractivity contribution is 9.10. The highest BCUT2D eigenvalue weighted by atomic mass is 79.9. The molecule has 0 radical (unpaired) electrons. The number of ether oxygens (including phenoxy) is 1. The van der Waals surface area contributed by atoms with Gasteiger partial charge in [0.1, 0.15) is 5.75 Å². The molecule has 0 aliphatic rings. The molecule has 0 fully saturated rings. The highest BCUT2D eigenvalue weighted by Crippen LogP contribution is 2.21. The van der Waals surface area contributed by atoms with Crippen LogP contribution in [0.1, 0.15) is 22.2 Å². The van der Waals surface area contributed by atoms with Crippen LogP contribution in [0.25, 0.3) is 0 Å². The van der Waals surface area contributed by atoms with Crippen LogP contribution in [0.3, 0.4) is 0 Å². The fourth-order valence-electron chi connectivity index (χ4n) is 1.61. The van der Waals surface area contributed by atoms with Crippen molar-refractivity contribution < 1.29 is 9.53 Å². The summed E-state index contributed by atoms with van der Waals surface area (Å²) in [5, 5.41) is 1.99. The van der Waals surface area contributed by atoms with Gasteiger partial charge in [0, 0.05) is 26.7 Å². The van der Waals surface area contributed by atoms with Gasteiger partial charge in [-0.1, -0.05) is 0 Å². The van der Waals surface area contributed by atoms with Gasteiger partial charge in [0.05, 0.1) is 6.61 Å². The van der Waals surface area contributed by atoms with Gasteiger partial charge in [0.2, 0.25) is 0 Å². The van der Waals surface area contributed by atoms with Gasteiger partial charge in [-0.25, -0.2) is 0 Å². The lowest BCUT2D eigenvalue weighted by Gasteiger charge is -2.04. The third kappa shape index (κ3) is 3.43. The Balaban J connectivity index is 2.04. The first-order valence-corrected chi connectivity index (χ1v) is 7.35. The topological polar surface area (TPSA) is 26.3 Å². The van der Waals surface area contributed by atoms with Crippen LogP contribution in [0.5, 0.6) is 5.75 Å². The maximum absolute atomic E-state index is 12.0. The van der Waals surface area contributed by atoms with Crippen molar-refractivity contribution in [1.82, 2.24) is 0 Å². The SMILES string of the molecule is CCOc1ccc(C(=O)Cc2cc(Br)cs2)cc1. The largest absolute Gasteiger partial charge is 0.494 e. The summed E-state index contributed by atoms with van der Waals surface area (Å²) in [6.45, 7) is 2.57. The number of thiophene rings is 1. The van der Waals surface area contributed by atoms with Gasteiger partial charge in [-0.2, -0.15) is 0 Å². The summed E-state index contributed by atoms with van der Waals surface area (Å²) in [6, 6.07) is 9.28. The zero-order chi connectivity index (χ0) is 13.0. The lowest BCUT2D eigenvalue weighted by molar-refractivity contribution is 0.0994. The highest BCUT2D eigenvalue weighted by Gasteiger charge is 2.08. The summed E-state index contributed by atoms with van der Waals surface area (Å²) < 4.78 is 6.38. The minimum atomic E-state index is 0.132. The Hall–Kier alpha value is -1.13. The molecule has 0 saturated heterocycles. The molecule has 2 nitrogen and oxygen atoms in total. The average molecular weight is 325 g/mol. The molecule has 0 bridgehead atoms. The van der Waals surface area contributed by atoms with Crippen LogP contribution >= 0.6 is 27.3 Å². The van der Waals surface area contributed by atoms with Gasteiger partial charge in [-0.15, -0.1) is 11.3 Å². The molecule has 0 aliphatic carbocycles. The molecule has 0 aliphatic heterocycles. The van der Waals surface area contributed by atoms with Crippen molar-refractivity contribution in [1.29, 1.82) is 0 Å². The lowest BCUT2D eigenvalue weighted by atomic mass is 10.1. The van der Waals surface area contributed by atoms with Crippen molar-refractivity contribution in [3.63, 3.8) is 0 Å². The molecule has 1 heterocycles. The van der Waals surface area contributed by atoms with E-state index in [4.69, 9.17) is 4.74 Å². The molecule has 1 aromatic heterocycles. The van der Waals surface area contributed by atoms with Crippen LogP contribution in [0, 0.1) is 0 Å². The zero-order valence-corrected chi connectivity index (χ0v) is 12.4. The number of halogens is 1. The Bertz CT molecular complexity index is 531. The number of carbonyl (C=O) groups is 1. The van der Waals surface area contributed by atoms with Crippen molar-refractivity contribution in [3.8, 4) is 5.75 Å². The van der Waals surface area contributed by atoms with Gasteiger partial charge in [-0.05, 0) is 53.2 Å². The molecular formula is C14H13BrO2S. The Morgan fingerprint density at radius 3 is 2.61 bits per heavy atom. The monoisotopic (exact) mass is 324 g/mol. The second kappa shape index (κ2) is 6.16. The predicted octanol–water partition coefficient (Wildman–Crippen LogP) is 4.33. The number of benzene rings is 1. The van der Waals surface area contributed by atoms with Crippen molar-refractivity contribution in [2.24, 2.45) is 0 Å². The smallest absolute Gasteiger partial charge is 0.168 e. The van der Waals surface area contributed by atoms with E-state index in [1.165, 1.54) is 0 Å². The molecular weight excluding hydrogens is 312 g/mol.